The summed E-state index contributed by atoms with van der Waals surface area (Å²) in [5.41, 5.74) is 0.307. The fourth-order valence-corrected chi connectivity index (χ4v) is 3.50. The van der Waals surface area contributed by atoms with E-state index in [0.717, 1.165) is 6.54 Å². The Bertz CT molecular complexity index is 285. The molecule has 0 saturated carbocycles. The van der Waals surface area contributed by atoms with Crippen LogP contribution in [0.4, 0.5) is 0 Å². The van der Waals surface area contributed by atoms with E-state index in [1.165, 1.54) is 43.1 Å². The normalized spacial score (nSPS) is 20.5. The minimum Gasteiger partial charge on any atom is -0.359 e. The summed E-state index contributed by atoms with van der Waals surface area (Å²) >= 11 is 1.90. The number of aliphatic imine (C=N–C) groups is 1. The summed E-state index contributed by atoms with van der Waals surface area (Å²) in [7, 11) is 2.20. The zero-order valence-electron chi connectivity index (χ0n) is 13.3. The standard InChI is InChI=1S/C15H31N3S/c1-6-15(7-2)12-19-14(17-15)16-10-8-9-11-18(5)13(3)4/h13H,6-12H2,1-5H3,(H,16,17). The molecule has 1 rings (SSSR count). The lowest BCUT2D eigenvalue weighted by atomic mass is 9.96. The predicted octanol–water partition coefficient (Wildman–Crippen LogP) is 3.36. The van der Waals surface area contributed by atoms with Gasteiger partial charge in [0.2, 0.25) is 0 Å². The van der Waals surface area contributed by atoms with Crippen LogP contribution in [0.5, 0.6) is 0 Å². The SMILES string of the molecule is CCC1(CC)CSC(=NCCCCN(C)C(C)C)N1. The maximum Gasteiger partial charge on any atom is 0.157 e. The predicted molar refractivity (Wildman–Crippen MR) is 88.2 cm³/mol. The molecule has 0 aromatic heterocycles. The monoisotopic (exact) mass is 285 g/mol. The molecule has 19 heavy (non-hydrogen) atoms. The van der Waals surface area contributed by atoms with Crippen molar-refractivity contribution in [2.45, 2.75) is 65.0 Å². The first-order valence-electron chi connectivity index (χ1n) is 7.68. The summed E-state index contributed by atoms with van der Waals surface area (Å²) in [6, 6.07) is 0.646. The smallest absolute Gasteiger partial charge is 0.157 e. The molecule has 0 amide bonds. The van der Waals surface area contributed by atoms with E-state index in [4.69, 9.17) is 4.99 Å². The molecule has 0 bridgehead atoms. The summed E-state index contributed by atoms with van der Waals surface area (Å²) in [4.78, 5) is 7.10. The van der Waals surface area contributed by atoms with Gasteiger partial charge >= 0.3 is 0 Å². The molecule has 0 atom stereocenters. The molecule has 1 aliphatic heterocycles. The first kappa shape index (κ1) is 16.8. The Labute approximate surface area is 123 Å². The first-order valence-corrected chi connectivity index (χ1v) is 8.67. The van der Waals surface area contributed by atoms with Crippen molar-refractivity contribution in [3.63, 3.8) is 0 Å². The van der Waals surface area contributed by atoms with Crippen LogP contribution in [0.15, 0.2) is 4.99 Å². The third-order valence-corrected chi connectivity index (χ3v) is 5.47. The molecule has 4 heteroatoms. The fourth-order valence-electron chi connectivity index (χ4n) is 2.13. The van der Waals surface area contributed by atoms with Crippen LogP contribution in [-0.4, -0.2) is 47.5 Å². The Morgan fingerprint density at radius 3 is 2.53 bits per heavy atom. The zero-order valence-corrected chi connectivity index (χ0v) is 14.1. The molecule has 1 heterocycles. The van der Waals surface area contributed by atoms with Crippen molar-refractivity contribution in [2.75, 3.05) is 25.9 Å². The molecular weight excluding hydrogens is 254 g/mol. The van der Waals surface area contributed by atoms with E-state index in [9.17, 15) is 0 Å². The Kier molecular flexibility index (Phi) is 7.22. The second-order valence-electron chi connectivity index (χ2n) is 5.87. The van der Waals surface area contributed by atoms with Crippen LogP contribution >= 0.6 is 11.8 Å². The first-order chi connectivity index (χ1) is 9.03. The van der Waals surface area contributed by atoms with Gasteiger partial charge in [0.05, 0.1) is 0 Å². The van der Waals surface area contributed by atoms with Crippen LogP contribution in [0.25, 0.3) is 0 Å². The molecule has 0 spiro atoms. The molecule has 0 aromatic rings. The number of rotatable bonds is 8. The van der Waals surface area contributed by atoms with Crippen molar-refractivity contribution in [1.82, 2.24) is 10.2 Å². The van der Waals surface area contributed by atoms with Gasteiger partial charge in [0.1, 0.15) is 0 Å². The number of hydrogen-bond acceptors (Lipinski definition) is 3. The Morgan fingerprint density at radius 2 is 2.00 bits per heavy atom. The van der Waals surface area contributed by atoms with E-state index in [0.29, 0.717) is 11.6 Å². The number of thioether (sulfide) groups is 1. The van der Waals surface area contributed by atoms with Gasteiger partial charge in [-0.05, 0) is 53.1 Å². The second kappa shape index (κ2) is 8.15. The van der Waals surface area contributed by atoms with Crippen LogP contribution in [0, 0.1) is 0 Å². The molecule has 0 aromatic carbocycles. The highest BCUT2D eigenvalue weighted by Crippen LogP contribution is 2.28. The average Bonchev–Trinajstić information content (AvgIpc) is 2.82. The van der Waals surface area contributed by atoms with Gasteiger partial charge in [-0.1, -0.05) is 25.6 Å². The van der Waals surface area contributed by atoms with Crippen molar-refractivity contribution < 1.29 is 0 Å². The van der Waals surface area contributed by atoms with Crippen LogP contribution in [0.3, 0.4) is 0 Å². The lowest BCUT2D eigenvalue weighted by Gasteiger charge is -2.25. The molecule has 1 fully saturated rings. The van der Waals surface area contributed by atoms with Gasteiger partial charge in [0, 0.05) is 23.9 Å². The lowest BCUT2D eigenvalue weighted by molar-refractivity contribution is 0.269. The van der Waals surface area contributed by atoms with Crippen molar-refractivity contribution in [2.24, 2.45) is 4.99 Å². The summed E-state index contributed by atoms with van der Waals surface area (Å²) in [6.07, 6.45) is 4.81. The van der Waals surface area contributed by atoms with Gasteiger partial charge in [0.25, 0.3) is 0 Å². The van der Waals surface area contributed by atoms with Crippen molar-refractivity contribution >= 4 is 16.9 Å². The lowest BCUT2D eigenvalue weighted by Crippen LogP contribution is -2.42. The summed E-state index contributed by atoms with van der Waals surface area (Å²) in [5, 5.41) is 4.79. The summed E-state index contributed by atoms with van der Waals surface area (Å²) in [5.74, 6) is 1.18. The van der Waals surface area contributed by atoms with Gasteiger partial charge in [-0.25, -0.2) is 0 Å². The molecule has 1 saturated heterocycles. The fraction of sp³-hybridized carbons (Fsp3) is 0.933. The van der Waals surface area contributed by atoms with Crippen LogP contribution in [0.2, 0.25) is 0 Å². The molecule has 0 radical (unpaired) electrons. The Hall–Kier alpha value is -0.220. The third kappa shape index (κ3) is 5.35. The van der Waals surface area contributed by atoms with Crippen molar-refractivity contribution in [1.29, 1.82) is 0 Å². The summed E-state index contributed by atoms with van der Waals surface area (Å²) < 4.78 is 0. The molecule has 112 valence electrons. The van der Waals surface area contributed by atoms with Crippen LogP contribution in [0.1, 0.15) is 53.4 Å². The molecular formula is C15H31N3S. The Morgan fingerprint density at radius 1 is 1.32 bits per heavy atom. The van der Waals surface area contributed by atoms with Gasteiger partial charge in [-0.2, -0.15) is 0 Å². The molecule has 1 N–H and O–H groups in total. The molecule has 1 aliphatic rings. The van der Waals surface area contributed by atoms with Crippen molar-refractivity contribution in [3.8, 4) is 0 Å². The minimum atomic E-state index is 0.307. The topological polar surface area (TPSA) is 27.6 Å². The number of unbranched alkanes of at least 4 members (excludes halogenated alkanes) is 1. The molecule has 0 unspecified atom stereocenters. The molecule has 3 nitrogen and oxygen atoms in total. The number of nitrogens with zero attached hydrogens (tertiary/aromatic N) is 2. The quantitative estimate of drug-likeness (QED) is 0.693. The maximum absolute atomic E-state index is 4.71. The summed E-state index contributed by atoms with van der Waals surface area (Å²) in [6.45, 7) is 11.2. The maximum atomic E-state index is 4.71. The minimum absolute atomic E-state index is 0.307. The second-order valence-corrected chi connectivity index (χ2v) is 6.83. The van der Waals surface area contributed by atoms with E-state index in [-0.39, 0.29) is 0 Å². The third-order valence-electron chi connectivity index (χ3n) is 4.27. The van der Waals surface area contributed by atoms with Gasteiger partial charge in [0.15, 0.2) is 5.17 Å². The number of hydrogen-bond donors (Lipinski definition) is 1. The van der Waals surface area contributed by atoms with E-state index in [1.807, 2.05) is 11.8 Å². The van der Waals surface area contributed by atoms with Gasteiger partial charge in [-0.15, -0.1) is 0 Å². The average molecular weight is 286 g/mol. The number of amidine groups is 1. The van der Waals surface area contributed by atoms with E-state index in [1.54, 1.807) is 0 Å². The Balaban J connectivity index is 2.21. The highest BCUT2D eigenvalue weighted by atomic mass is 32.2. The van der Waals surface area contributed by atoms with Gasteiger partial charge in [-0.3, -0.25) is 4.99 Å². The van der Waals surface area contributed by atoms with Crippen molar-refractivity contribution in [3.05, 3.63) is 0 Å². The van der Waals surface area contributed by atoms with Crippen LogP contribution in [-0.2, 0) is 0 Å². The van der Waals surface area contributed by atoms with E-state index < -0.39 is 0 Å². The highest BCUT2D eigenvalue weighted by molar-refractivity contribution is 8.14. The highest BCUT2D eigenvalue weighted by Gasteiger charge is 2.33. The molecule has 0 aliphatic carbocycles. The largest absolute Gasteiger partial charge is 0.359 e. The number of nitrogens with one attached hydrogen (secondary N) is 1. The van der Waals surface area contributed by atoms with E-state index in [2.05, 4.69) is 45.0 Å². The van der Waals surface area contributed by atoms with Crippen LogP contribution < -0.4 is 5.32 Å². The van der Waals surface area contributed by atoms with Gasteiger partial charge < -0.3 is 10.2 Å². The zero-order chi connectivity index (χ0) is 14.3. The van der Waals surface area contributed by atoms with E-state index >= 15 is 0 Å².